The molecule has 1 aliphatic carbocycles. The van der Waals surface area contributed by atoms with Gasteiger partial charge in [-0.3, -0.25) is 0 Å². The van der Waals surface area contributed by atoms with Crippen molar-refractivity contribution in [2.45, 2.75) is 58.3 Å². The first-order valence-corrected chi connectivity index (χ1v) is 12.5. The third-order valence-corrected chi connectivity index (χ3v) is 7.34. The lowest BCUT2D eigenvalue weighted by molar-refractivity contribution is 0.0697. The van der Waals surface area contributed by atoms with Crippen molar-refractivity contribution in [3.8, 4) is 22.3 Å². The van der Waals surface area contributed by atoms with Crippen LogP contribution in [-0.2, 0) is 6.42 Å². The Morgan fingerprint density at radius 3 is 2.03 bits per heavy atom. The molecule has 0 bridgehead atoms. The van der Waals surface area contributed by atoms with Gasteiger partial charge in [-0.1, -0.05) is 81.8 Å². The zero-order valence-electron chi connectivity index (χ0n) is 20.0. The number of carboxylic acid groups (broad SMARTS) is 1. The van der Waals surface area contributed by atoms with E-state index < -0.39 is 23.4 Å². The lowest BCUT2D eigenvalue weighted by Crippen LogP contribution is -2.15. The number of aromatic carboxylic acids is 1. The van der Waals surface area contributed by atoms with E-state index in [0.717, 1.165) is 36.8 Å². The number of aryl methyl sites for hydroxylation is 1. The van der Waals surface area contributed by atoms with Crippen molar-refractivity contribution in [2.24, 2.45) is 11.8 Å². The second kappa shape index (κ2) is 11.1. The van der Waals surface area contributed by atoms with E-state index in [1.54, 1.807) is 6.07 Å². The van der Waals surface area contributed by atoms with Gasteiger partial charge in [0.25, 0.3) is 0 Å². The van der Waals surface area contributed by atoms with Gasteiger partial charge >= 0.3 is 5.97 Å². The van der Waals surface area contributed by atoms with Crippen LogP contribution >= 0.6 is 0 Å². The summed E-state index contributed by atoms with van der Waals surface area (Å²) >= 11 is 0. The van der Waals surface area contributed by atoms with Crippen molar-refractivity contribution >= 4 is 5.97 Å². The van der Waals surface area contributed by atoms with Gasteiger partial charge < -0.3 is 5.11 Å². The van der Waals surface area contributed by atoms with E-state index in [2.05, 4.69) is 6.92 Å². The zero-order valence-corrected chi connectivity index (χ0v) is 20.0. The van der Waals surface area contributed by atoms with Crippen LogP contribution in [0.5, 0.6) is 0 Å². The van der Waals surface area contributed by atoms with Crippen LogP contribution in [0, 0.1) is 29.3 Å². The Hall–Kier alpha value is -3.08. The molecule has 0 heterocycles. The maximum Gasteiger partial charge on any atom is 0.336 e. The predicted octanol–water partition coefficient (Wildman–Crippen LogP) is 8.68. The lowest BCUT2D eigenvalue weighted by atomic mass is 9.78. The van der Waals surface area contributed by atoms with E-state index in [-0.39, 0.29) is 11.1 Å². The third kappa shape index (κ3) is 5.77. The fraction of sp³-hybridized carbons (Fsp3) is 0.367. The highest BCUT2D eigenvalue weighted by atomic mass is 19.2. The molecule has 1 saturated carbocycles. The lowest BCUT2D eigenvalue weighted by Gasteiger charge is -2.28. The maximum atomic E-state index is 13.9. The zero-order chi connectivity index (χ0) is 24.9. The minimum Gasteiger partial charge on any atom is -0.478 e. The molecule has 3 aromatic carbocycles. The monoisotopic (exact) mass is 480 g/mol. The largest absolute Gasteiger partial charge is 0.478 e. The number of hydrogen-bond donors (Lipinski definition) is 1. The van der Waals surface area contributed by atoms with Gasteiger partial charge in [-0.15, -0.1) is 0 Å². The topological polar surface area (TPSA) is 37.3 Å². The molecule has 1 fully saturated rings. The van der Waals surface area contributed by atoms with E-state index in [1.807, 2.05) is 24.3 Å². The molecule has 35 heavy (non-hydrogen) atoms. The minimum atomic E-state index is -1.55. The molecule has 5 heteroatoms. The molecule has 2 nitrogen and oxygen atoms in total. The van der Waals surface area contributed by atoms with Gasteiger partial charge in [0.05, 0.1) is 5.56 Å². The molecule has 0 aromatic heterocycles. The molecule has 0 atom stereocenters. The summed E-state index contributed by atoms with van der Waals surface area (Å²) in [5, 5.41) is 9.78. The Kier molecular flexibility index (Phi) is 7.94. The van der Waals surface area contributed by atoms with Crippen LogP contribution in [0.4, 0.5) is 13.2 Å². The molecule has 0 spiro atoms. The normalized spacial score (nSPS) is 17.9. The molecule has 3 aromatic rings. The predicted molar refractivity (Wildman–Crippen MR) is 133 cm³/mol. The van der Waals surface area contributed by atoms with Gasteiger partial charge in [-0.2, -0.15) is 0 Å². The summed E-state index contributed by atoms with van der Waals surface area (Å²) in [4.78, 5) is 12.0. The summed E-state index contributed by atoms with van der Waals surface area (Å²) in [5.41, 5.74) is 2.60. The van der Waals surface area contributed by atoms with Gasteiger partial charge in [-0.05, 0) is 65.1 Å². The number of hydrogen-bond acceptors (Lipinski definition) is 1. The number of halogens is 3. The van der Waals surface area contributed by atoms with Crippen LogP contribution in [-0.4, -0.2) is 11.1 Å². The van der Waals surface area contributed by atoms with Crippen molar-refractivity contribution in [1.29, 1.82) is 0 Å². The Balaban J connectivity index is 1.56. The Morgan fingerprint density at radius 2 is 1.46 bits per heavy atom. The second-order valence-corrected chi connectivity index (χ2v) is 9.70. The SMILES string of the molecule is CCC[C@H]1CC[C@H](CCc2ccc(-c3c(C(=O)O)cccc3-c3cc(F)c(F)c(F)c3)cc2)CC1. The van der Waals surface area contributed by atoms with Gasteiger partial charge in [0, 0.05) is 5.56 Å². The molecule has 0 amide bonds. The average molecular weight is 481 g/mol. The van der Waals surface area contributed by atoms with Crippen molar-refractivity contribution in [3.05, 3.63) is 83.2 Å². The van der Waals surface area contributed by atoms with Crippen LogP contribution in [0.1, 0.15) is 67.8 Å². The summed E-state index contributed by atoms with van der Waals surface area (Å²) in [6, 6.07) is 14.1. The third-order valence-electron chi connectivity index (χ3n) is 7.34. The maximum absolute atomic E-state index is 13.9. The van der Waals surface area contributed by atoms with E-state index in [9.17, 15) is 23.1 Å². The second-order valence-electron chi connectivity index (χ2n) is 9.70. The van der Waals surface area contributed by atoms with E-state index in [1.165, 1.54) is 56.2 Å². The molecule has 1 N–H and O–H groups in total. The van der Waals surface area contributed by atoms with Gasteiger partial charge in [0.1, 0.15) is 0 Å². The van der Waals surface area contributed by atoms with E-state index in [4.69, 9.17) is 0 Å². The van der Waals surface area contributed by atoms with Gasteiger partial charge in [-0.25, -0.2) is 18.0 Å². The fourth-order valence-electron chi connectivity index (χ4n) is 5.42. The van der Waals surface area contributed by atoms with E-state index in [0.29, 0.717) is 16.7 Å². The molecular formula is C30H31F3O2. The number of rotatable bonds is 8. The Labute approximate surface area is 204 Å². The highest BCUT2D eigenvalue weighted by Gasteiger charge is 2.21. The smallest absolute Gasteiger partial charge is 0.336 e. The minimum absolute atomic E-state index is 0.0178. The quantitative estimate of drug-likeness (QED) is 0.328. The average Bonchev–Trinajstić information content (AvgIpc) is 2.86. The van der Waals surface area contributed by atoms with Crippen molar-refractivity contribution in [3.63, 3.8) is 0 Å². The summed E-state index contributed by atoms with van der Waals surface area (Å²) in [5.74, 6) is -3.68. The van der Waals surface area contributed by atoms with E-state index >= 15 is 0 Å². The summed E-state index contributed by atoms with van der Waals surface area (Å²) in [6.07, 6.45) is 9.96. The van der Waals surface area contributed by atoms with Crippen LogP contribution in [0.25, 0.3) is 22.3 Å². The summed E-state index contributed by atoms with van der Waals surface area (Å²) in [7, 11) is 0. The van der Waals surface area contributed by atoms with Crippen LogP contribution in [0.2, 0.25) is 0 Å². The van der Waals surface area contributed by atoms with Crippen molar-refractivity contribution in [2.75, 3.05) is 0 Å². The highest BCUT2D eigenvalue weighted by molar-refractivity contribution is 6.01. The summed E-state index contributed by atoms with van der Waals surface area (Å²) in [6.45, 7) is 2.25. The summed E-state index contributed by atoms with van der Waals surface area (Å²) < 4.78 is 41.4. The van der Waals surface area contributed by atoms with Gasteiger partial charge in [0.15, 0.2) is 17.5 Å². The molecule has 0 radical (unpaired) electrons. The number of carboxylic acids is 1. The van der Waals surface area contributed by atoms with Crippen LogP contribution in [0.3, 0.4) is 0 Å². The standard InChI is InChI=1S/C30H31F3O2/c1-2-4-19-7-9-20(10-8-19)11-12-21-13-15-22(16-14-21)28-24(5-3-6-25(28)30(34)35)23-17-26(31)29(33)27(32)18-23/h3,5-6,13-20H,2,4,7-12H2,1H3,(H,34,35)/t19-,20-. The molecule has 0 unspecified atom stereocenters. The van der Waals surface area contributed by atoms with Crippen molar-refractivity contribution in [1.82, 2.24) is 0 Å². The fourth-order valence-corrected chi connectivity index (χ4v) is 5.42. The first-order chi connectivity index (χ1) is 16.9. The first-order valence-electron chi connectivity index (χ1n) is 12.5. The molecule has 4 rings (SSSR count). The molecule has 1 aliphatic rings. The van der Waals surface area contributed by atoms with Crippen molar-refractivity contribution < 1.29 is 23.1 Å². The van der Waals surface area contributed by atoms with Crippen LogP contribution in [0.15, 0.2) is 54.6 Å². The molecule has 0 saturated heterocycles. The Bertz CT molecular complexity index is 1160. The van der Waals surface area contributed by atoms with Crippen LogP contribution < -0.4 is 0 Å². The first kappa shape index (κ1) is 25.0. The highest BCUT2D eigenvalue weighted by Crippen LogP contribution is 2.37. The molecule has 0 aliphatic heterocycles. The van der Waals surface area contributed by atoms with Gasteiger partial charge in [0.2, 0.25) is 0 Å². The number of benzene rings is 3. The Morgan fingerprint density at radius 1 is 0.857 bits per heavy atom. The molecular weight excluding hydrogens is 449 g/mol. The number of carbonyl (C=O) groups is 1. The molecule has 184 valence electrons.